The Labute approximate surface area is 145 Å². The molecule has 0 saturated carbocycles. The van der Waals surface area contributed by atoms with Crippen LogP contribution in [0.5, 0.6) is 0 Å². The van der Waals surface area contributed by atoms with Gasteiger partial charge in [0.25, 0.3) is 5.91 Å². The molecule has 1 amide bonds. The molecular formula is C18H18N2O3S. The number of thioether (sulfide) groups is 1. The van der Waals surface area contributed by atoms with Crippen molar-refractivity contribution < 1.29 is 14.3 Å². The van der Waals surface area contributed by atoms with E-state index in [0.717, 1.165) is 10.5 Å². The van der Waals surface area contributed by atoms with Gasteiger partial charge < -0.3 is 4.74 Å². The van der Waals surface area contributed by atoms with E-state index in [0.29, 0.717) is 5.56 Å². The zero-order chi connectivity index (χ0) is 17.4. The van der Waals surface area contributed by atoms with Crippen LogP contribution in [0, 0.1) is 0 Å². The number of carbonyl (C=O) groups excluding carboxylic acids is 2. The molecule has 0 fully saturated rings. The second-order valence-electron chi connectivity index (χ2n) is 4.92. The number of hydrogen-bond donors (Lipinski definition) is 1. The maximum atomic E-state index is 12.0. The Morgan fingerprint density at radius 1 is 1.12 bits per heavy atom. The molecular weight excluding hydrogens is 324 g/mol. The third-order valence-corrected chi connectivity index (χ3v) is 4.26. The number of hydrazone groups is 1. The van der Waals surface area contributed by atoms with E-state index in [-0.39, 0.29) is 11.2 Å². The highest BCUT2D eigenvalue weighted by Crippen LogP contribution is 2.22. The largest absolute Gasteiger partial charge is 0.465 e. The van der Waals surface area contributed by atoms with Crippen molar-refractivity contribution in [2.45, 2.75) is 17.1 Å². The first-order chi connectivity index (χ1) is 11.6. The number of carbonyl (C=O) groups is 2. The number of esters is 1. The molecule has 1 atom stereocenters. The zero-order valence-corrected chi connectivity index (χ0v) is 14.2. The van der Waals surface area contributed by atoms with Crippen LogP contribution in [-0.4, -0.2) is 30.5 Å². The van der Waals surface area contributed by atoms with E-state index < -0.39 is 5.97 Å². The maximum Gasteiger partial charge on any atom is 0.337 e. The molecule has 2 aromatic carbocycles. The van der Waals surface area contributed by atoms with Gasteiger partial charge in [0.2, 0.25) is 0 Å². The lowest BCUT2D eigenvalue weighted by molar-refractivity contribution is -0.120. The number of benzene rings is 2. The molecule has 0 aliphatic rings. The molecule has 2 aromatic rings. The van der Waals surface area contributed by atoms with Crippen molar-refractivity contribution >= 4 is 29.9 Å². The minimum absolute atomic E-state index is 0.175. The van der Waals surface area contributed by atoms with Gasteiger partial charge in [0.05, 0.1) is 24.1 Å². The predicted molar refractivity (Wildman–Crippen MR) is 95.3 cm³/mol. The summed E-state index contributed by atoms with van der Waals surface area (Å²) >= 11 is 1.47. The minimum atomic E-state index is -0.390. The molecule has 0 spiro atoms. The van der Waals surface area contributed by atoms with Crippen LogP contribution in [0.1, 0.15) is 22.8 Å². The van der Waals surface area contributed by atoms with Crippen LogP contribution in [0.3, 0.4) is 0 Å². The fraction of sp³-hybridized carbons (Fsp3) is 0.167. The van der Waals surface area contributed by atoms with E-state index in [1.165, 1.54) is 25.1 Å². The van der Waals surface area contributed by atoms with E-state index >= 15 is 0 Å². The van der Waals surface area contributed by atoms with E-state index in [9.17, 15) is 9.59 Å². The van der Waals surface area contributed by atoms with Crippen molar-refractivity contribution in [3.05, 3.63) is 65.7 Å². The van der Waals surface area contributed by atoms with E-state index in [2.05, 4.69) is 15.3 Å². The Hall–Kier alpha value is -2.60. The van der Waals surface area contributed by atoms with Gasteiger partial charge in [0.15, 0.2) is 0 Å². The Morgan fingerprint density at radius 2 is 1.79 bits per heavy atom. The van der Waals surface area contributed by atoms with Crippen molar-refractivity contribution in [1.82, 2.24) is 5.43 Å². The third-order valence-electron chi connectivity index (χ3n) is 3.15. The summed E-state index contributed by atoms with van der Waals surface area (Å²) in [5, 5.41) is 3.69. The van der Waals surface area contributed by atoms with Gasteiger partial charge in [0, 0.05) is 4.90 Å². The summed E-state index contributed by atoms with van der Waals surface area (Å²) in [5.74, 6) is -0.565. The minimum Gasteiger partial charge on any atom is -0.465 e. The van der Waals surface area contributed by atoms with Gasteiger partial charge in [-0.1, -0.05) is 30.3 Å². The fourth-order valence-corrected chi connectivity index (χ4v) is 2.72. The number of methoxy groups -OCH3 is 1. The van der Waals surface area contributed by atoms with E-state index in [1.54, 1.807) is 24.3 Å². The molecule has 0 aliphatic carbocycles. The van der Waals surface area contributed by atoms with Crippen molar-refractivity contribution in [2.75, 3.05) is 7.11 Å². The van der Waals surface area contributed by atoms with Gasteiger partial charge in [-0.2, -0.15) is 5.10 Å². The van der Waals surface area contributed by atoms with Gasteiger partial charge in [-0.25, -0.2) is 10.2 Å². The molecule has 24 heavy (non-hydrogen) atoms. The first-order valence-corrected chi connectivity index (χ1v) is 8.21. The number of ether oxygens (including phenoxy) is 1. The highest BCUT2D eigenvalue weighted by molar-refractivity contribution is 8.00. The second-order valence-corrected chi connectivity index (χ2v) is 6.34. The highest BCUT2D eigenvalue weighted by Gasteiger charge is 2.13. The van der Waals surface area contributed by atoms with Crippen LogP contribution in [0.2, 0.25) is 0 Å². The topological polar surface area (TPSA) is 67.8 Å². The second kappa shape index (κ2) is 8.88. The molecule has 0 heterocycles. The normalized spacial score (nSPS) is 11.9. The van der Waals surface area contributed by atoms with Crippen LogP contribution < -0.4 is 5.43 Å². The molecule has 124 valence electrons. The lowest BCUT2D eigenvalue weighted by Crippen LogP contribution is -2.26. The molecule has 0 saturated heterocycles. The van der Waals surface area contributed by atoms with E-state index in [1.807, 2.05) is 37.3 Å². The number of hydrogen-bond acceptors (Lipinski definition) is 5. The SMILES string of the molecule is COC(=O)c1ccc(C=NNC(=O)C(C)Sc2ccccc2)cc1. The number of nitrogens with one attached hydrogen (secondary N) is 1. The Kier molecular flexibility index (Phi) is 6.57. The summed E-state index contributed by atoms with van der Waals surface area (Å²) in [5.41, 5.74) is 3.75. The maximum absolute atomic E-state index is 12.0. The number of amides is 1. The summed E-state index contributed by atoms with van der Waals surface area (Å²) in [4.78, 5) is 24.4. The average molecular weight is 342 g/mol. The summed E-state index contributed by atoms with van der Waals surface area (Å²) in [6.07, 6.45) is 1.53. The lowest BCUT2D eigenvalue weighted by atomic mass is 10.1. The van der Waals surface area contributed by atoms with Gasteiger partial charge in [-0.05, 0) is 36.8 Å². The van der Waals surface area contributed by atoms with Crippen molar-refractivity contribution in [2.24, 2.45) is 5.10 Å². The molecule has 2 rings (SSSR count). The summed E-state index contributed by atoms with van der Waals surface area (Å²) < 4.78 is 4.63. The first-order valence-electron chi connectivity index (χ1n) is 7.33. The van der Waals surface area contributed by atoms with E-state index in [4.69, 9.17) is 0 Å². The average Bonchev–Trinajstić information content (AvgIpc) is 2.62. The predicted octanol–water partition coefficient (Wildman–Crippen LogP) is 3.10. The molecule has 0 bridgehead atoms. The van der Waals surface area contributed by atoms with Crippen LogP contribution in [0.25, 0.3) is 0 Å². The molecule has 0 aromatic heterocycles. The smallest absolute Gasteiger partial charge is 0.337 e. The molecule has 6 heteroatoms. The summed E-state index contributed by atoms with van der Waals surface area (Å²) in [6.45, 7) is 1.83. The quantitative estimate of drug-likeness (QED) is 0.379. The standard InChI is InChI=1S/C18H18N2O3S/c1-13(24-16-6-4-3-5-7-16)17(21)20-19-12-14-8-10-15(11-9-14)18(22)23-2/h3-13H,1-2H3,(H,20,21). The molecule has 5 nitrogen and oxygen atoms in total. The molecule has 0 radical (unpaired) electrons. The lowest BCUT2D eigenvalue weighted by Gasteiger charge is -2.09. The zero-order valence-electron chi connectivity index (χ0n) is 13.4. The monoisotopic (exact) mass is 342 g/mol. The first kappa shape index (κ1) is 17.7. The van der Waals surface area contributed by atoms with Gasteiger partial charge >= 0.3 is 5.97 Å². The molecule has 1 N–H and O–H groups in total. The van der Waals surface area contributed by atoms with Crippen LogP contribution >= 0.6 is 11.8 Å². The van der Waals surface area contributed by atoms with Gasteiger partial charge in [0.1, 0.15) is 0 Å². The fourth-order valence-electron chi connectivity index (χ4n) is 1.84. The third kappa shape index (κ3) is 5.24. The summed E-state index contributed by atoms with van der Waals surface area (Å²) in [6, 6.07) is 16.5. The van der Waals surface area contributed by atoms with Crippen LogP contribution in [0.4, 0.5) is 0 Å². The molecule has 0 aliphatic heterocycles. The van der Waals surface area contributed by atoms with Crippen molar-refractivity contribution in [3.63, 3.8) is 0 Å². The van der Waals surface area contributed by atoms with Gasteiger partial charge in [-0.15, -0.1) is 11.8 Å². The highest BCUT2D eigenvalue weighted by atomic mass is 32.2. The number of rotatable bonds is 6. The Bertz CT molecular complexity index is 715. The Balaban J connectivity index is 1.86. The van der Waals surface area contributed by atoms with Crippen LogP contribution in [-0.2, 0) is 9.53 Å². The van der Waals surface area contributed by atoms with Crippen molar-refractivity contribution in [3.8, 4) is 0 Å². The summed E-state index contributed by atoms with van der Waals surface area (Å²) in [7, 11) is 1.34. The van der Waals surface area contributed by atoms with Gasteiger partial charge in [-0.3, -0.25) is 4.79 Å². The number of nitrogens with zero attached hydrogens (tertiary/aromatic N) is 1. The van der Waals surface area contributed by atoms with Crippen LogP contribution in [0.15, 0.2) is 64.6 Å². The Morgan fingerprint density at radius 3 is 2.42 bits per heavy atom. The van der Waals surface area contributed by atoms with Crippen molar-refractivity contribution in [1.29, 1.82) is 0 Å². The molecule has 1 unspecified atom stereocenters.